The molecule has 0 aromatic heterocycles. The van der Waals surface area contributed by atoms with E-state index in [0.29, 0.717) is 19.6 Å². The second kappa shape index (κ2) is 6.59. The van der Waals surface area contributed by atoms with Gasteiger partial charge in [0.1, 0.15) is 6.54 Å². The summed E-state index contributed by atoms with van der Waals surface area (Å²) in [7, 11) is 0. The summed E-state index contributed by atoms with van der Waals surface area (Å²) in [6.07, 6.45) is 2.67. The lowest BCUT2D eigenvalue weighted by atomic mass is 10.1. The standard InChI is InChI=1S/C12H22N2O3/c1-3-9(7-13)12(16)14(10-5-6-10)8-11(15)17-4-2/h9-10H,3-8,13H2,1-2H3. The van der Waals surface area contributed by atoms with Crippen molar-refractivity contribution in [3.63, 3.8) is 0 Å². The van der Waals surface area contributed by atoms with E-state index in [1.165, 1.54) is 0 Å². The van der Waals surface area contributed by atoms with Crippen LogP contribution in [0.15, 0.2) is 0 Å². The lowest BCUT2D eigenvalue weighted by Crippen LogP contribution is -2.43. The summed E-state index contributed by atoms with van der Waals surface area (Å²) in [5.41, 5.74) is 5.57. The number of carbonyl (C=O) groups is 2. The average Bonchev–Trinajstić information content (AvgIpc) is 3.11. The van der Waals surface area contributed by atoms with Crippen LogP contribution in [0.4, 0.5) is 0 Å². The number of ether oxygens (including phenoxy) is 1. The molecule has 0 spiro atoms. The highest BCUT2D eigenvalue weighted by atomic mass is 16.5. The second-order valence-electron chi connectivity index (χ2n) is 4.34. The largest absolute Gasteiger partial charge is 0.465 e. The van der Waals surface area contributed by atoms with Gasteiger partial charge < -0.3 is 15.4 Å². The Balaban J connectivity index is 2.58. The molecular weight excluding hydrogens is 220 g/mol. The van der Waals surface area contributed by atoms with E-state index in [-0.39, 0.29) is 30.4 Å². The van der Waals surface area contributed by atoms with Gasteiger partial charge in [0.25, 0.3) is 0 Å². The van der Waals surface area contributed by atoms with Crippen molar-refractivity contribution in [2.24, 2.45) is 11.7 Å². The summed E-state index contributed by atoms with van der Waals surface area (Å²) in [5.74, 6) is -0.518. The fourth-order valence-corrected chi connectivity index (χ4v) is 1.80. The van der Waals surface area contributed by atoms with Crippen molar-refractivity contribution in [3.05, 3.63) is 0 Å². The van der Waals surface area contributed by atoms with Crippen molar-refractivity contribution in [1.29, 1.82) is 0 Å². The van der Waals surface area contributed by atoms with E-state index in [9.17, 15) is 9.59 Å². The van der Waals surface area contributed by atoms with Crippen LogP contribution in [0.1, 0.15) is 33.1 Å². The van der Waals surface area contributed by atoms with Gasteiger partial charge in [-0.2, -0.15) is 0 Å². The lowest BCUT2D eigenvalue weighted by molar-refractivity contribution is -0.150. The Hall–Kier alpha value is -1.10. The molecule has 0 aromatic rings. The van der Waals surface area contributed by atoms with Gasteiger partial charge in [-0.05, 0) is 26.2 Å². The maximum Gasteiger partial charge on any atom is 0.325 e. The highest BCUT2D eigenvalue weighted by molar-refractivity contribution is 5.84. The number of hydrogen-bond donors (Lipinski definition) is 1. The molecule has 0 heterocycles. The zero-order chi connectivity index (χ0) is 12.8. The van der Waals surface area contributed by atoms with Gasteiger partial charge in [-0.15, -0.1) is 0 Å². The lowest BCUT2D eigenvalue weighted by Gasteiger charge is -2.25. The molecular formula is C12H22N2O3. The fraction of sp³-hybridized carbons (Fsp3) is 0.833. The van der Waals surface area contributed by atoms with Gasteiger partial charge in [0, 0.05) is 12.6 Å². The SMILES string of the molecule is CCOC(=O)CN(C(=O)C(CC)CN)C1CC1. The van der Waals surface area contributed by atoms with Gasteiger partial charge in [0.15, 0.2) is 0 Å². The van der Waals surface area contributed by atoms with Crippen LogP contribution in [0.2, 0.25) is 0 Å². The monoisotopic (exact) mass is 242 g/mol. The molecule has 98 valence electrons. The number of hydrogen-bond acceptors (Lipinski definition) is 4. The van der Waals surface area contributed by atoms with Gasteiger partial charge >= 0.3 is 5.97 Å². The Labute approximate surface area is 102 Å². The first-order valence-electron chi connectivity index (χ1n) is 6.30. The average molecular weight is 242 g/mol. The molecule has 1 atom stereocenters. The molecule has 1 amide bonds. The third-order valence-corrected chi connectivity index (χ3v) is 3.00. The van der Waals surface area contributed by atoms with E-state index < -0.39 is 0 Å². The number of nitrogens with zero attached hydrogens (tertiary/aromatic N) is 1. The molecule has 0 saturated heterocycles. The van der Waals surface area contributed by atoms with Crippen LogP contribution >= 0.6 is 0 Å². The molecule has 1 fully saturated rings. The minimum Gasteiger partial charge on any atom is -0.465 e. The van der Waals surface area contributed by atoms with Crippen molar-refractivity contribution < 1.29 is 14.3 Å². The smallest absolute Gasteiger partial charge is 0.325 e. The summed E-state index contributed by atoms with van der Waals surface area (Å²) < 4.78 is 4.88. The first kappa shape index (κ1) is 14.0. The Kier molecular flexibility index (Phi) is 5.41. The molecule has 1 unspecified atom stereocenters. The van der Waals surface area contributed by atoms with E-state index in [0.717, 1.165) is 12.8 Å². The van der Waals surface area contributed by atoms with Crippen LogP contribution in [0.25, 0.3) is 0 Å². The molecule has 0 aliphatic heterocycles. The second-order valence-corrected chi connectivity index (χ2v) is 4.34. The van der Waals surface area contributed by atoms with Crippen LogP contribution < -0.4 is 5.73 Å². The Morgan fingerprint density at radius 3 is 2.47 bits per heavy atom. The highest BCUT2D eigenvalue weighted by Crippen LogP contribution is 2.28. The minimum absolute atomic E-state index is 0.00875. The quantitative estimate of drug-likeness (QED) is 0.661. The predicted octanol–water partition coefficient (Wildman–Crippen LogP) is 0.525. The van der Waals surface area contributed by atoms with E-state index in [2.05, 4.69) is 0 Å². The maximum atomic E-state index is 12.2. The summed E-state index contributed by atoms with van der Waals surface area (Å²) in [4.78, 5) is 25.2. The highest BCUT2D eigenvalue weighted by Gasteiger charge is 2.36. The molecule has 1 aliphatic rings. The van der Waals surface area contributed by atoms with E-state index >= 15 is 0 Å². The summed E-state index contributed by atoms with van der Waals surface area (Å²) in [6, 6.07) is 0.215. The van der Waals surface area contributed by atoms with E-state index in [4.69, 9.17) is 10.5 Å². The predicted molar refractivity (Wildman–Crippen MR) is 64.2 cm³/mol. The zero-order valence-corrected chi connectivity index (χ0v) is 10.6. The summed E-state index contributed by atoms with van der Waals surface area (Å²) in [6.45, 7) is 4.44. The third kappa shape index (κ3) is 4.00. The maximum absolute atomic E-state index is 12.2. The molecule has 0 bridgehead atoms. The first-order chi connectivity index (χ1) is 8.13. The van der Waals surface area contributed by atoms with E-state index in [1.807, 2.05) is 6.92 Å². The van der Waals surface area contributed by atoms with Crippen LogP contribution in [0, 0.1) is 5.92 Å². The van der Waals surface area contributed by atoms with Crippen LogP contribution in [-0.4, -0.2) is 42.5 Å². The molecule has 17 heavy (non-hydrogen) atoms. The number of esters is 1. The fourth-order valence-electron chi connectivity index (χ4n) is 1.80. The summed E-state index contributed by atoms with van der Waals surface area (Å²) in [5, 5.41) is 0. The Morgan fingerprint density at radius 2 is 2.06 bits per heavy atom. The summed E-state index contributed by atoms with van der Waals surface area (Å²) >= 11 is 0. The first-order valence-corrected chi connectivity index (χ1v) is 6.30. The molecule has 5 heteroatoms. The molecule has 0 radical (unpaired) electrons. The molecule has 1 aliphatic carbocycles. The Morgan fingerprint density at radius 1 is 1.41 bits per heavy atom. The number of nitrogens with two attached hydrogens (primary N) is 1. The normalized spacial score (nSPS) is 16.4. The van der Waals surface area contributed by atoms with Crippen molar-refractivity contribution in [2.75, 3.05) is 19.7 Å². The molecule has 5 nitrogen and oxygen atoms in total. The number of carbonyl (C=O) groups excluding carboxylic acids is 2. The van der Waals surface area contributed by atoms with Crippen LogP contribution in [0.5, 0.6) is 0 Å². The molecule has 1 rings (SSSR count). The van der Waals surface area contributed by atoms with Gasteiger partial charge in [-0.25, -0.2) is 0 Å². The third-order valence-electron chi connectivity index (χ3n) is 3.00. The number of amides is 1. The van der Waals surface area contributed by atoms with E-state index in [1.54, 1.807) is 11.8 Å². The van der Waals surface area contributed by atoms with Crippen LogP contribution in [-0.2, 0) is 14.3 Å². The van der Waals surface area contributed by atoms with Crippen molar-refractivity contribution in [3.8, 4) is 0 Å². The molecule has 1 saturated carbocycles. The van der Waals surface area contributed by atoms with Gasteiger partial charge in [-0.1, -0.05) is 6.92 Å². The van der Waals surface area contributed by atoms with Crippen molar-refractivity contribution >= 4 is 11.9 Å². The van der Waals surface area contributed by atoms with Crippen LogP contribution in [0.3, 0.4) is 0 Å². The zero-order valence-electron chi connectivity index (χ0n) is 10.6. The topological polar surface area (TPSA) is 72.6 Å². The molecule has 0 aromatic carbocycles. The van der Waals surface area contributed by atoms with Crippen molar-refractivity contribution in [2.45, 2.75) is 39.2 Å². The van der Waals surface area contributed by atoms with Gasteiger partial charge in [0.2, 0.25) is 5.91 Å². The van der Waals surface area contributed by atoms with Gasteiger partial charge in [0.05, 0.1) is 12.5 Å². The number of rotatable bonds is 7. The van der Waals surface area contributed by atoms with Crippen molar-refractivity contribution in [1.82, 2.24) is 4.90 Å². The Bertz CT molecular complexity index is 273. The minimum atomic E-state index is -0.334. The van der Waals surface area contributed by atoms with Gasteiger partial charge in [-0.3, -0.25) is 9.59 Å². The molecule has 2 N–H and O–H groups in total.